The molecule has 0 radical (unpaired) electrons. The molecule has 5 nitrogen and oxygen atoms in total. The standard InChI is InChI=1S/C18H18FN3O2/c1-11-3-8-16-21-17(12-4-6-13(19)7-5-12)15(22(16)10-11)9-14(20)18(23)24-2/h3-8,10,14H,9,20H2,1-2H3. The number of nitrogens with two attached hydrogens (primary N) is 1. The lowest BCUT2D eigenvalue weighted by molar-refractivity contribution is -0.142. The molecule has 0 amide bonds. The Bertz CT molecular complexity index is 887. The van der Waals surface area contributed by atoms with Crippen LogP contribution in [0.5, 0.6) is 0 Å². The minimum Gasteiger partial charge on any atom is -0.468 e. The van der Waals surface area contributed by atoms with Crippen LogP contribution >= 0.6 is 0 Å². The van der Waals surface area contributed by atoms with Gasteiger partial charge in [-0.1, -0.05) is 6.07 Å². The summed E-state index contributed by atoms with van der Waals surface area (Å²) in [6.45, 7) is 1.97. The number of carbonyl (C=O) groups excluding carboxylic acids is 1. The zero-order chi connectivity index (χ0) is 17.3. The van der Waals surface area contributed by atoms with Gasteiger partial charge in [0.05, 0.1) is 18.5 Å². The molecule has 2 N–H and O–H groups in total. The normalized spacial score (nSPS) is 12.3. The summed E-state index contributed by atoms with van der Waals surface area (Å²) in [6, 6.07) is 9.16. The highest BCUT2D eigenvalue weighted by Gasteiger charge is 2.21. The van der Waals surface area contributed by atoms with Crippen LogP contribution in [0, 0.1) is 12.7 Å². The van der Waals surface area contributed by atoms with Gasteiger partial charge in [0.1, 0.15) is 17.5 Å². The van der Waals surface area contributed by atoms with Crippen LogP contribution in [-0.2, 0) is 16.0 Å². The molecule has 24 heavy (non-hydrogen) atoms. The van der Waals surface area contributed by atoms with E-state index in [4.69, 9.17) is 10.5 Å². The number of benzene rings is 1. The predicted octanol–water partition coefficient (Wildman–Crippen LogP) is 2.49. The molecule has 2 heterocycles. The van der Waals surface area contributed by atoms with Gasteiger partial charge in [-0.25, -0.2) is 9.37 Å². The number of pyridine rings is 1. The van der Waals surface area contributed by atoms with Crippen molar-refractivity contribution in [3.05, 3.63) is 59.7 Å². The van der Waals surface area contributed by atoms with Gasteiger partial charge in [-0.15, -0.1) is 0 Å². The van der Waals surface area contributed by atoms with Crippen molar-refractivity contribution in [1.29, 1.82) is 0 Å². The highest BCUT2D eigenvalue weighted by Crippen LogP contribution is 2.26. The fourth-order valence-electron chi connectivity index (χ4n) is 2.68. The SMILES string of the molecule is COC(=O)C(N)Cc1c(-c2ccc(F)cc2)nc2ccc(C)cn12. The Balaban J connectivity index is 2.15. The zero-order valence-corrected chi connectivity index (χ0v) is 13.5. The second-order valence-corrected chi connectivity index (χ2v) is 5.68. The third-order valence-electron chi connectivity index (χ3n) is 3.90. The van der Waals surface area contributed by atoms with Gasteiger partial charge in [0, 0.05) is 18.2 Å². The van der Waals surface area contributed by atoms with Crippen molar-refractivity contribution in [2.45, 2.75) is 19.4 Å². The number of fused-ring (bicyclic) bond motifs is 1. The molecule has 0 aliphatic carbocycles. The van der Waals surface area contributed by atoms with E-state index in [1.54, 1.807) is 12.1 Å². The molecule has 124 valence electrons. The Labute approximate surface area is 138 Å². The quantitative estimate of drug-likeness (QED) is 0.748. The molecule has 0 aliphatic heterocycles. The molecule has 0 fully saturated rings. The maximum Gasteiger partial charge on any atom is 0.323 e. The lowest BCUT2D eigenvalue weighted by Crippen LogP contribution is -2.34. The molecule has 2 aromatic heterocycles. The molecule has 3 aromatic rings. The number of rotatable bonds is 4. The third kappa shape index (κ3) is 3.00. The molecule has 0 aliphatic rings. The van der Waals surface area contributed by atoms with Gasteiger partial charge in [-0.2, -0.15) is 0 Å². The first kappa shape index (κ1) is 16.1. The van der Waals surface area contributed by atoms with E-state index in [-0.39, 0.29) is 12.2 Å². The van der Waals surface area contributed by atoms with Crippen LogP contribution in [0.1, 0.15) is 11.3 Å². The summed E-state index contributed by atoms with van der Waals surface area (Å²) in [5, 5.41) is 0. The maximum atomic E-state index is 13.2. The number of hydrogen-bond acceptors (Lipinski definition) is 4. The van der Waals surface area contributed by atoms with E-state index in [2.05, 4.69) is 4.98 Å². The van der Waals surface area contributed by atoms with Crippen molar-refractivity contribution < 1.29 is 13.9 Å². The van der Waals surface area contributed by atoms with Crippen molar-refractivity contribution in [3.63, 3.8) is 0 Å². The van der Waals surface area contributed by atoms with E-state index in [1.807, 2.05) is 29.7 Å². The maximum absolute atomic E-state index is 13.2. The van der Waals surface area contributed by atoms with Gasteiger partial charge in [0.2, 0.25) is 0 Å². The molecule has 1 aromatic carbocycles. The number of imidazole rings is 1. The monoisotopic (exact) mass is 327 g/mol. The number of esters is 1. The van der Waals surface area contributed by atoms with Gasteiger partial charge < -0.3 is 14.9 Å². The third-order valence-corrected chi connectivity index (χ3v) is 3.90. The largest absolute Gasteiger partial charge is 0.468 e. The Morgan fingerprint density at radius 3 is 2.67 bits per heavy atom. The van der Waals surface area contributed by atoms with Gasteiger partial charge in [-0.05, 0) is 42.8 Å². The number of aromatic nitrogens is 2. The molecule has 0 saturated heterocycles. The highest BCUT2D eigenvalue weighted by atomic mass is 19.1. The first-order valence-electron chi connectivity index (χ1n) is 7.56. The number of aryl methyl sites for hydroxylation is 1. The topological polar surface area (TPSA) is 69.6 Å². The molecule has 1 unspecified atom stereocenters. The van der Waals surface area contributed by atoms with Crippen LogP contribution in [-0.4, -0.2) is 28.5 Å². The molecule has 0 spiro atoms. The van der Waals surface area contributed by atoms with Crippen LogP contribution in [0.4, 0.5) is 4.39 Å². The number of hydrogen-bond donors (Lipinski definition) is 1. The van der Waals surface area contributed by atoms with Crippen molar-refractivity contribution >= 4 is 11.6 Å². The molecule has 3 rings (SSSR count). The zero-order valence-electron chi connectivity index (χ0n) is 13.5. The molecule has 1 atom stereocenters. The summed E-state index contributed by atoms with van der Waals surface area (Å²) in [5.41, 5.74) is 9.98. The van der Waals surface area contributed by atoms with Gasteiger partial charge >= 0.3 is 5.97 Å². The lowest BCUT2D eigenvalue weighted by Gasteiger charge is -2.11. The van der Waals surface area contributed by atoms with E-state index >= 15 is 0 Å². The van der Waals surface area contributed by atoms with Crippen molar-refractivity contribution in [2.75, 3.05) is 7.11 Å². The lowest BCUT2D eigenvalue weighted by atomic mass is 10.1. The van der Waals surface area contributed by atoms with Crippen LogP contribution in [0.25, 0.3) is 16.9 Å². The van der Waals surface area contributed by atoms with Crippen molar-refractivity contribution in [1.82, 2.24) is 9.38 Å². The fraction of sp³-hybridized carbons (Fsp3) is 0.222. The van der Waals surface area contributed by atoms with Gasteiger partial charge in [-0.3, -0.25) is 4.79 Å². The van der Waals surface area contributed by atoms with E-state index in [0.29, 0.717) is 5.69 Å². The van der Waals surface area contributed by atoms with Crippen molar-refractivity contribution in [2.24, 2.45) is 5.73 Å². The molecule has 0 saturated carbocycles. The average molecular weight is 327 g/mol. The highest BCUT2D eigenvalue weighted by molar-refractivity contribution is 5.76. The minimum atomic E-state index is -0.797. The summed E-state index contributed by atoms with van der Waals surface area (Å²) in [7, 11) is 1.31. The van der Waals surface area contributed by atoms with Crippen molar-refractivity contribution in [3.8, 4) is 11.3 Å². The Kier molecular flexibility index (Phi) is 4.31. The Hall–Kier alpha value is -2.73. The summed E-state index contributed by atoms with van der Waals surface area (Å²) in [5.74, 6) is -0.797. The summed E-state index contributed by atoms with van der Waals surface area (Å²) in [4.78, 5) is 16.3. The van der Waals surface area contributed by atoms with Crippen LogP contribution in [0.3, 0.4) is 0 Å². The van der Waals surface area contributed by atoms with Gasteiger partial charge in [0.25, 0.3) is 0 Å². The molecular weight excluding hydrogens is 309 g/mol. The number of methoxy groups -OCH3 is 1. The number of halogens is 1. The van der Waals surface area contributed by atoms with Crippen LogP contribution < -0.4 is 5.73 Å². The van der Waals surface area contributed by atoms with E-state index < -0.39 is 12.0 Å². The summed E-state index contributed by atoms with van der Waals surface area (Å²) in [6.07, 6.45) is 2.21. The minimum absolute atomic E-state index is 0.268. The first-order valence-corrected chi connectivity index (χ1v) is 7.56. The number of nitrogens with zero attached hydrogens (tertiary/aromatic N) is 2. The predicted molar refractivity (Wildman–Crippen MR) is 89.0 cm³/mol. The van der Waals surface area contributed by atoms with E-state index in [1.165, 1.54) is 19.2 Å². The number of ether oxygens (including phenoxy) is 1. The number of carbonyl (C=O) groups is 1. The molecule has 6 heteroatoms. The Morgan fingerprint density at radius 1 is 1.29 bits per heavy atom. The van der Waals surface area contributed by atoms with E-state index in [9.17, 15) is 9.18 Å². The van der Waals surface area contributed by atoms with E-state index in [0.717, 1.165) is 22.5 Å². The first-order chi connectivity index (χ1) is 11.5. The van der Waals surface area contributed by atoms with Gasteiger partial charge in [0.15, 0.2) is 0 Å². The smallest absolute Gasteiger partial charge is 0.323 e. The second kappa shape index (κ2) is 6.41. The summed E-state index contributed by atoms with van der Waals surface area (Å²) < 4.78 is 19.8. The van der Waals surface area contributed by atoms with Crippen LogP contribution in [0.2, 0.25) is 0 Å². The van der Waals surface area contributed by atoms with Crippen LogP contribution in [0.15, 0.2) is 42.6 Å². The molecular formula is C18H18FN3O2. The second-order valence-electron chi connectivity index (χ2n) is 5.68. The fourth-order valence-corrected chi connectivity index (χ4v) is 2.68. The molecule has 0 bridgehead atoms. The Morgan fingerprint density at radius 2 is 2.00 bits per heavy atom. The summed E-state index contributed by atoms with van der Waals surface area (Å²) >= 11 is 0. The average Bonchev–Trinajstić information content (AvgIpc) is 2.92.